The predicted molar refractivity (Wildman–Crippen MR) is 234 cm³/mol. The maximum Gasteiger partial charge on any atom is 0.240 e. The highest BCUT2D eigenvalue weighted by molar-refractivity contribution is 7.89. The Labute approximate surface area is 355 Å². The number of hydrogen-bond donors (Lipinski definition) is 3. The van der Waals surface area contributed by atoms with Crippen LogP contribution in [-0.4, -0.2) is 74.1 Å². The number of hydrogen-bond acceptors (Lipinski definition) is 10. The van der Waals surface area contributed by atoms with Gasteiger partial charge in [0, 0.05) is 38.6 Å². The van der Waals surface area contributed by atoms with Crippen molar-refractivity contribution in [2.24, 2.45) is 0 Å². The van der Waals surface area contributed by atoms with Crippen LogP contribution < -0.4 is 14.8 Å². The van der Waals surface area contributed by atoms with Crippen molar-refractivity contribution >= 4 is 10.0 Å². The number of aromatic nitrogens is 2. The summed E-state index contributed by atoms with van der Waals surface area (Å²) in [7, 11) is -1.86. The lowest BCUT2D eigenvalue weighted by atomic mass is 9.89. The number of allylic oxidation sites excluding steroid dienone is 5. The van der Waals surface area contributed by atoms with E-state index in [0.29, 0.717) is 42.7 Å². The Morgan fingerprint density at radius 2 is 1.75 bits per heavy atom. The molecule has 3 N–H and O–H groups in total. The van der Waals surface area contributed by atoms with Gasteiger partial charge in [-0.25, -0.2) is 13.1 Å². The second kappa shape index (κ2) is 20.1. The molecule has 0 unspecified atom stereocenters. The van der Waals surface area contributed by atoms with Crippen LogP contribution in [0.25, 0.3) is 0 Å². The lowest BCUT2D eigenvalue weighted by Gasteiger charge is -2.31. The van der Waals surface area contributed by atoms with Crippen LogP contribution in [0.1, 0.15) is 87.2 Å². The smallest absolute Gasteiger partial charge is 0.240 e. The molecule has 1 aromatic heterocycles. The van der Waals surface area contributed by atoms with Gasteiger partial charge >= 0.3 is 0 Å². The summed E-state index contributed by atoms with van der Waals surface area (Å²) in [5.41, 5.74) is 7.00. The minimum absolute atomic E-state index is 0.105. The molecule has 0 bridgehead atoms. The molecule has 3 aliphatic rings. The number of sulfonamides is 1. The Morgan fingerprint density at radius 1 is 1.02 bits per heavy atom. The zero-order valence-electron chi connectivity index (χ0n) is 35.1. The van der Waals surface area contributed by atoms with E-state index in [2.05, 4.69) is 75.6 Å². The number of ether oxygens (including phenoxy) is 2. The molecule has 318 valence electrons. The highest BCUT2D eigenvalue weighted by Crippen LogP contribution is 2.52. The van der Waals surface area contributed by atoms with Gasteiger partial charge in [0.25, 0.3) is 0 Å². The van der Waals surface area contributed by atoms with Gasteiger partial charge in [0.1, 0.15) is 11.9 Å². The molecule has 0 amide bonds. The van der Waals surface area contributed by atoms with Crippen molar-refractivity contribution in [1.82, 2.24) is 25.1 Å². The third kappa shape index (κ3) is 11.3. The van der Waals surface area contributed by atoms with Crippen molar-refractivity contribution in [1.29, 1.82) is 0 Å². The number of rotatable bonds is 20. The number of piperidine rings is 1. The number of aliphatic hydroxyl groups is 1. The standard InChI is InChI=1S/C48H59N5O6S/c1-4-42(54)20-13-35(2)46(58-30-27-49-33-37-16-21-43(57-3)22-17-37)39-10-8-9-38(32-39)31-36-14-18-40(19-15-36)48(25-26-48)47-50-45(59-51-47)34-53-28-23-41(24-29-53)52-60(55,56)44-11-6-5-7-12-44/h5-7,10-22,32,41,46,49,52,54H,4,8-9,23-31,33-34H2,1-3H3/b35-13+,42-20+/t46-/m0/s1. The fourth-order valence-corrected chi connectivity index (χ4v) is 9.36. The van der Waals surface area contributed by atoms with Gasteiger partial charge in [-0.05, 0) is 110 Å². The largest absolute Gasteiger partial charge is 0.512 e. The number of nitrogens with one attached hydrogen (secondary N) is 2. The first kappa shape index (κ1) is 43.2. The van der Waals surface area contributed by atoms with E-state index < -0.39 is 10.0 Å². The van der Waals surface area contributed by atoms with Crippen LogP contribution in [0, 0.1) is 0 Å². The van der Waals surface area contributed by atoms with Crippen molar-refractivity contribution in [3.05, 3.63) is 154 Å². The fourth-order valence-electron chi connectivity index (χ4n) is 8.03. The molecule has 1 aliphatic heterocycles. The second-order valence-electron chi connectivity index (χ2n) is 16.2. The molecular formula is C48H59N5O6S. The average molecular weight is 834 g/mol. The molecule has 0 radical (unpaired) electrons. The second-order valence-corrected chi connectivity index (χ2v) is 17.9. The lowest BCUT2D eigenvalue weighted by Crippen LogP contribution is -2.44. The average Bonchev–Trinajstić information content (AvgIpc) is 3.95. The maximum absolute atomic E-state index is 12.8. The van der Waals surface area contributed by atoms with Crippen molar-refractivity contribution in [3.8, 4) is 5.75 Å². The van der Waals surface area contributed by atoms with Gasteiger partial charge in [-0.3, -0.25) is 4.90 Å². The van der Waals surface area contributed by atoms with E-state index in [9.17, 15) is 13.5 Å². The van der Waals surface area contributed by atoms with Crippen molar-refractivity contribution in [2.75, 3.05) is 33.4 Å². The summed E-state index contributed by atoms with van der Waals surface area (Å²) < 4.78 is 46.1. The number of benzene rings is 3. The Morgan fingerprint density at radius 3 is 2.45 bits per heavy atom. The molecule has 2 heterocycles. The van der Waals surface area contributed by atoms with Crippen LogP contribution in [0.5, 0.6) is 5.75 Å². The molecule has 1 saturated heterocycles. The summed E-state index contributed by atoms with van der Waals surface area (Å²) in [6, 6.07) is 25.4. The van der Waals surface area contributed by atoms with E-state index in [1.54, 1.807) is 37.5 Å². The van der Waals surface area contributed by atoms with Gasteiger partial charge in [-0.1, -0.05) is 90.5 Å². The van der Waals surface area contributed by atoms with Crippen molar-refractivity contribution < 1.29 is 27.5 Å². The molecule has 1 atom stereocenters. The van der Waals surface area contributed by atoms with E-state index >= 15 is 0 Å². The van der Waals surface area contributed by atoms with Crippen LogP contribution in [0.3, 0.4) is 0 Å². The van der Waals surface area contributed by atoms with E-state index in [1.807, 2.05) is 31.2 Å². The highest BCUT2D eigenvalue weighted by atomic mass is 32.2. The Bertz CT molecular complexity index is 2250. The van der Waals surface area contributed by atoms with Crippen LogP contribution in [0.2, 0.25) is 0 Å². The number of likely N-dealkylation sites (tertiary alicyclic amines) is 1. The van der Waals surface area contributed by atoms with Crippen molar-refractivity contribution in [2.45, 2.75) is 101 Å². The fraction of sp³-hybridized carbons (Fsp3) is 0.417. The molecule has 1 saturated carbocycles. The molecule has 7 rings (SSSR count). The van der Waals surface area contributed by atoms with Crippen LogP contribution in [0.4, 0.5) is 0 Å². The Kier molecular flexibility index (Phi) is 14.5. The van der Waals surface area contributed by atoms with Crippen LogP contribution >= 0.6 is 0 Å². The Hall–Kier alpha value is -4.85. The molecule has 60 heavy (non-hydrogen) atoms. The molecule has 2 fully saturated rings. The molecule has 0 spiro atoms. The number of methoxy groups -OCH3 is 1. The van der Waals surface area contributed by atoms with Gasteiger partial charge in [0.15, 0.2) is 5.82 Å². The molecule has 11 nitrogen and oxygen atoms in total. The van der Waals surface area contributed by atoms with E-state index in [4.69, 9.17) is 19.0 Å². The summed E-state index contributed by atoms with van der Waals surface area (Å²) in [5.74, 6) is 2.54. The normalized spacial score (nSPS) is 18.2. The molecule has 12 heteroatoms. The third-order valence-electron chi connectivity index (χ3n) is 11.8. The quantitative estimate of drug-likeness (QED) is 0.0453. The van der Waals surface area contributed by atoms with Crippen LogP contribution in [-0.2, 0) is 39.7 Å². The first-order valence-corrected chi connectivity index (χ1v) is 22.8. The van der Waals surface area contributed by atoms with Gasteiger partial charge in [-0.2, -0.15) is 4.98 Å². The van der Waals surface area contributed by atoms with E-state index in [0.717, 1.165) is 87.3 Å². The monoisotopic (exact) mass is 833 g/mol. The van der Waals surface area contributed by atoms with E-state index in [-0.39, 0.29) is 17.6 Å². The molecule has 4 aromatic rings. The first-order chi connectivity index (χ1) is 29.1. The summed E-state index contributed by atoms with van der Waals surface area (Å²) in [6.45, 7) is 8.04. The zero-order chi connectivity index (χ0) is 42.0. The zero-order valence-corrected chi connectivity index (χ0v) is 35.9. The molecule has 2 aliphatic carbocycles. The topological polar surface area (TPSA) is 139 Å². The molecule has 3 aromatic carbocycles. The van der Waals surface area contributed by atoms with Gasteiger partial charge in [0.2, 0.25) is 15.9 Å². The van der Waals surface area contributed by atoms with Gasteiger partial charge < -0.3 is 24.4 Å². The molecular weight excluding hydrogens is 775 g/mol. The first-order valence-electron chi connectivity index (χ1n) is 21.3. The van der Waals surface area contributed by atoms with Gasteiger partial charge in [-0.15, -0.1) is 0 Å². The minimum Gasteiger partial charge on any atom is -0.512 e. The summed E-state index contributed by atoms with van der Waals surface area (Å²) in [4.78, 5) is 7.42. The summed E-state index contributed by atoms with van der Waals surface area (Å²) in [6.07, 6.45) is 14.9. The SMILES string of the molecule is CC/C(O)=C\C=C(/C)[C@H](OCCNCc1ccc(OC)cc1)C1=CCCC(Cc2ccc(C3(c4noc(CN5CCC(NS(=O)(=O)c6ccccc6)CC5)n4)CC3)cc2)=C1. The summed E-state index contributed by atoms with van der Waals surface area (Å²) in [5, 5.41) is 18.1. The Balaban J connectivity index is 0.927. The maximum atomic E-state index is 12.8. The minimum atomic E-state index is -3.54. The van der Waals surface area contributed by atoms with Gasteiger partial charge in [0.05, 0.1) is 36.3 Å². The van der Waals surface area contributed by atoms with E-state index in [1.165, 1.54) is 22.3 Å². The summed E-state index contributed by atoms with van der Waals surface area (Å²) >= 11 is 0. The number of aliphatic hydroxyl groups excluding tert-OH is 1. The number of nitrogens with zero attached hydrogens (tertiary/aromatic N) is 3. The highest BCUT2D eigenvalue weighted by Gasteiger charge is 2.50. The van der Waals surface area contributed by atoms with Crippen LogP contribution in [0.15, 0.2) is 135 Å². The predicted octanol–water partition coefficient (Wildman–Crippen LogP) is 8.26. The lowest BCUT2D eigenvalue weighted by molar-refractivity contribution is 0.104. The third-order valence-corrected chi connectivity index (χ3v) is 13.3. The van der Waals surface area contributed by atoms with Crippen molar-refractivity contribution in [3.63, 3.8) is 0 Å².